The molecular weight excluding hydrogens is 368 g/mol. The molecule has 3 N–H and O–H groups in total. The van der Waals surface area contributed by atoms with Gasteiger partial charge in [0.05, 0.1) is 18.4 Å². The zero-order valence-corrected chi connectivity index (χ0v) is 16.7. The van der Waals surface area contributed by atoms with Gasteiger partial charge in [-0.15, -0.1) is 0 Å². The monoisotopic (exact) mass is 392 g/mol. The summed E-state index contributed by atoms with van der Waals surface area (Å²) in [5.41, 5.74) is 4.63. The molecule has 0 aliphatic heterocycles. The highest BCUT2D eigenvalue weighted by Crippen LogP contribution is 2.21. The largest absolute Gasteiger partial charge is 0.496 e. The van der Waals surface area contributed by atoms with Crippen molar-refractivity contribution in [3.8, 4) is 5.75 Å². The van der Waals surface area contributed by atoms with E-state index in [0.29, 0.717) is 35.5 Å². The maximum absolute atomic E-state index is 12.5. The van der Waals surface area contributed by atoms with Crippen molar-refractivity contribution in [1.82, 2.24) is 10.2 Å². The minimum Gasteiger partial charge on any atom is -0.496 e. The molecule has 0 unspecified atom stereocenters. The fraction of sp³-hybridized carbons (Fsp3) is 0.227. The van der Waals surface area contributed by atoms with Crippen molar-refractivity contribution >= 4 is 23.2 Å². The number of nitrogens with zero attached hydrogens (tertiary/aromatic N) is 1. The number of aromatic amines is 1. The zero-order valence-electron chi connectivity index (χ0n) is 16.7. The molecule has 29 heavy (non-hydrogen) atoms. The average Bonchev–Trinajstić information content (AvgIpc) is 3.04. The van der Waals surface area contributed by atoms with Gasteiger partial charge in [-0.1, -0.05) is 18.2 Å². The number of rotatable bonds is 7. The molecule has 3 rings (SSSR count). The number of aromatic nitrogens is 2. The molecule has 1 aromatic heterocycles. The Hall–Kier alpha value is -3.61. The number of nitrogens with one attached hydrogen (secondary N) is 3. The molecule has 0 aliphatic rings. The average molecular weight is 392 g/mol. The van der Waals surface area contributed by atoms with Crippen molar-refractivity contribution in [2.75, 3.05) is 17.7 Å². The number of hydrogen-bond acceptors (Lipinski definition) is 4. The first-order valence-corrected chi connectivity index (χ1v) is 9.32. The third kappa shape index (κ3) is 5.01. The van der Waals surface area contributed by atoms with E-state index in [1.54, 1.807) is 48.5 Å². The molecule has 2 amide bonds. The topological polar surface area (TPSA) is 96.1 Å². The maximum atomic E-state index is 12.5. The fourth-order valence-electron chi connectivity index (χ4n) is 2.94. The number of amides is 2. The summed E-state index contributed by atoms with van der Waals surface area (Å²) in [6.45, 7) is 3.94. The van der Waals surface area contributed by atoms with Gasteiger partial charge in [0, 0.05) is 29.9 Å². The fourth-order valence-corrected chi connectivity index (χ4v) is 2.94. The Morgan fingerprint density at radius 1 is 1.03 bits per heavy atom. The number of para-hydroxylation sites is 1. The van der Waals surface area contributed by atoms with Gasteiger partial charge in [0.25, 0.3) is 5.91 Å². The zero-order chi connectivity index (χ0) is 20.8. The third-order valence-corrected chi connectivity index (χ3v) is 4.70. The van der Waals surface area contributed by atoms with Gasteiger partial charge in [0.2, 0.25) is 5.91 Å². The van der Waals surface area contributed by atoms with Crippen LogP contribution in [0.5, 0.6) is 5.75 Å². The lowest BCUT2D eigenvalue weighted by molar-refractivity contribution is -0.116. The summed E-state index contributed by atoms with van der Waals surface area (Å²) in [5.74, 6) is 0.104. The minimum absolute atomic E-state index is 0.113. The molecule has 7 heteroatoms. The number of methoxy groups -OCH3 is 1. The highest BCUT2D eigenvalue weighted by atomic mass is 16.5. The lowest BCUT2D eigenvalue weighted by atomic mass is 10.1. The van der Waals surface area contributed by atoms with Gasteiger partial charge >= 0.3 is 0 Å². The van der Waals surface area contributed by atoms with Crippen LogP contribution in [0.3, 0.4) is 0 Å². The Labute approximate surface area is 169 Å². The number of carbonyl (C=O) groups is 2. The molecule has 150 valence electrons. The first-order valence-electron chi connectivity index (χ1n) is 9.32. The number of anilines is 2. The van der Waals surface area contributed by atoms with Crippen molar-refractivity contribution in [2.24, 2.45) is 0 Å². The van der Waals surface area contributed by atoms with Crippen molar-refractivity contribution < 1.29 is 14.3 Å². The van der Waals surface area contributed by atoms with E-state index in [1.165, 1.54) is 7.11 Å². The summed E-state index contributed by atoms with van der Waals surface area (Å²) in [6, 6.07) is 14.0. The van der Waals surface area contributed by atoms with E-state index in [-0.39, 0.29) is 11.8 Å². The van der Waals surface area contributed by atoms with Crippen molar-refractivity contribution in [1.29, 1.82) is 0 Å². The highest BCUT2D eigenvalue weighted by molar-refractivity contribution is 6.06. The number of carbonyl (C=O) groups excluding carboxylic acids is 2. The molecule has 2 aromatic carbocycles. The molecule has 0 saturated carbocycles. The molecule has 0 atom stereocenters. The van der Waals surface area contributed by atoms with E-state index >= 15 is 0 Å². The number of hydrogen-bond donors (Lipinski definition) is 3. The normalized spacial score (nSPS) is 10.4. The van der Waals surface area contributed by atoms with Gasteiger partial charge < -0.3 is 15.4 Å². The van der Waals surface area contributed by atoms with E-state index in [4.69, 9.17) is 4.74 Å². The second-order valence-electron chi connectivity index (χ2n) is 6.70. The van der Waals surface area contributed by atoms with Gasteiger partial charge in [-0.25, -0.2) is 0 Å². The Balaban J connectivity index is 1.61. The molecule has 0 bridgehead atoms. The van der Waals surface area contributed by atoms with Gasteiger partial charge in [-0.05, 0) is 49.7 Å². The first kappa shape index (κ1) is 20.1. The van der Waals surface area contributed by atoms with Crippen LogP contribution >= 0.6 is 0 Å². The Morgan fingerprint density at radius 3 is 2.45 bits per heavy atom. The van der Waals surface area contributed by atoms with Crippen LogP contribution in [0, 0.1) is 13.8 Å². The SMILES string of the molecule is COc1ccccc1C(=O)Nc1cccc(NC(=O)CCc2n[nH]c(C)c2C)c1. The Morgan fingerprint density at radius 2 is 1.76 bits per heavy atom. The van der Waals surface area contributed by atoms with Crippen molar-refractivity contribution in [3.05, 3.63) is 71.0 Å². The molecule has 1 heterocycles. The lowest BCUT2D eigenvalue weighted by Crippen LogP contribution is -2.15. The van der Waals surface area contributed by atoms with Crippen LogP contribution in [0.15, 0.2) is 48.5 Å². The van der Waals surface area contributed by atoms with Crippen LogP contribution in [0.4, 0.5) is 11.4 Å². The Bertz CT molecular complexity index is 1030. The molecule has 3 aromatic rings. The van der Waals surface area contributed by atoms with Gasteiger partial charge in [-0.2, -0.15) is 5.10 Å². The number of H-pyrrole nitrogens is 1. The molecule has 0 fully saturated rings. The van der Waals surface area contributed by atoms with Crippen LogP contribution < -0.4 is 15.4 Å². The summed E-state index contributed by atoms with van der Waals surface area (Å²) in [5, 5.41) is 12.8. The number of ether oxygens (including phenoxy) is 1. The molecule has 0 aliphatic carbocycles. The van der Waals surface area contributed by atoms with Gasteiger partial charge in [0.15, 0.2) is 0 Å². The number of aryl methyl sites for hydroxylation is 2. The van der Waals surface area contributed by atoms with Gasteiger partial charge in [0.1, 0.15) is 5.75 Å². The maximum Gasteiger partial charge on any atom is 0.259 e. The molecule has 0 radical (unpaired) electrons. The van der Waals surface area contributed by atoms with E-state index < -0.39 is 0 Å². The van der Waals surface area contributed by atoms with Crippen LogP contribution in [0.1, 0.15) is 33.7 Å². The first-order chi connectivity index (χ1) is 14.0. The third-order valence-electron chi connectivity index (χ3n) is 4.70. The van der Waals surface area contributed by atoms with E-state index in [2.05, 4.69) is 20.8 Å². The second-order valence-corrected chi connectivity index (χ2v) is 6.70. The predicted molar refractivity (Wildman–Crippen MR) is 112 cm³/mol. The minimum atomic E-state index is -0.282. The summed E-state index contributed by atoms with van der Waals surface area (Å²) in [4.78, 5) is 24.8. The van der Waals surface area contributed by atoms with E-state index in [9.17, 15) is 9.59 Å². The highest BCUT2D eigenvalue weighted by Gasteiger charge is 2.13. The molecule has 0 spiro atoms. The predicted octanol–water partition coefficient (Wildman–Crippen LogP) is 3.86. The van der Waals surface area contributed by atoms with E-state index in [0.717, 1.165) is 17.0 Å². The molecule has 7 nitrogen and oxygen atoms in total. The lowest BCUT2D eigenvalue weighted by Gasteiger charge is -2.11. The van der Waals surface area contributed by atoms with Crippen molar-refractivity contribution in [2.45, 2.75) is 26.7 Å². The van der Waals surface area contributed by atoms with Crippen LogP contribution in [0.25, 0.3) is 0 Å². The standard InChI is InChI=1S/C22H24N4O3/c1-14-15(2)25-26-19(14)11-12-21(27)23-16-7-6-8-17(13-16)24-22(28)18-9-4-5-10-20(18)29-3/h4-10,13H,11-12H2,1-3H3,(H,23,27)(H,24,28)(H,25,26). The number of benzene rings is 2. The van der Waals surface area contributed by atoms with Gasteiger partial charge in [-0.3, -0.25) is 14.7 Å². The summed E-state index contributed by atoms with van der Waals surface area (Å²) < 4.78 is 5.23. The van der Waals surface area contributed by atoms with Crippen LogP contribution in [-0.2, 0) is 11.2 Å². The molecule has 0 saturated heterocycles. The second kappa shape index (κ2) is 9.05. The summed E-state index contributed by atoms with van der Waals surface area (Å²) in [7, 11) is 1.52. The smallest absolute Gasteiger partial charge is 0.259 e. The van der Waals surface area contributed by atoms with Crippen LogP contribution in [0.2, 0.25) is 0 Å². The summed E-state index contributed by atoms with van der Waals surface area (Å²) in [6.07, 6.45) is 0.884. The summed E-state index contributed by atoms with van der Waals surface area (Å²) >= 11 is 0. The Kier molecular flexibility index (Phi) is 6.29. The van der Waals surface area contributed by atoms with Crippen molar-refractivity contribution in [3.63, 3.8) is 0 Å². The van der Waals surface area contributed by atoms with Crippen LogP contribution in [-0.4, -0.2) is 29.1 Å². The van der Waals surface area contributed by atoms with E-state index in [1.807, 2.05) is 13.8 Å². The quantitative estimate of drug-likeness (QED) is 0.569. The molecular formula is C22H24N4O3.